The minimum absolute atomic E-state index is 0.530. The molecular formula is C15H22N2. The van der Waals surface area contributed by atoms with Crippen molar-refractivity contribution in [3.05, 3.63) is 29.8 Å². The number of fused-ring (bicyclic) bond motifs is 2. The van der Waals surface area contributed by atoms with E-state index in [-0.39, 0.29) is 0 Å². The van der Waals surface area contributed by atoms with Crippen molar-refractivity contribution in [1.82, 2.24) is 4.90 Å². The number of anilines is 1. The van der Waals surface area contributed by atoms with Crippen LogP contribution in [0.15, 0.2) is 24.3 Å². The molecule has 3 rings (SSSR count). The van der Waals surface area contributed by atoms with Crippen molar-refractivity contribution in [2.24, 2.45) is 0 Å². The maximum atomic E-state index is 2.64. The molecule has 2 fully saturated rings. The molecule has 1 aromatic rings. The Balaban J connectivity index is 1.99. The number of aryl methyl sites for hydroxylation is 1. The van der Waals surface area contributed by atoms with Crippen molar-refractivity contribution < 1.29 is 0 Å². The molecule has 92 valence electrons. The predicted molar refractivity (Wildman–Crippen MR) is 72.3 cm³/mol. The molecule has 2 bridgehead atoms. The van der Waals surface area contributed by atoms with E-state index < -0.39 is 0 Å². The summed E-state index contributed by atoms with van der Waals surface area (Å²) in [4.78, 5) is 5.19. The first-order valence-corrected chi connectivity index (χ1v) is 6.74. The van der Waals surface area contributed by atoms with Gasteiger partial charge in [-0.2, -0.15) is 0 Å². The quantitative estimate of drug-likeness (QED) is 0.731. The van der Waals surface area contributed by atoms with Crippen molar-refractivity contribution in [3.8, 4) is 0 Å². The van der Waals surface area contributed by atoms with E-state index in [0.717, 1.165) is 12.1 Å². The number of nitrogens with zero attached hydrogens (tertiary/aromatic N) is 2. The first kappa shape index (κ1) is 11.1. The third-order valence-electron chi connectivity index (χ3n) is 4.73. The lowest BCUT2D eigenvalue weighted by Crippen LogP contribution is -2.56. The lowest BCUT2D eigenvalue weighted by atomic mass is 10.0. The zero-order chi connectivity index (χ0) is 12.0. The van der Waals surface area contributed by atoms with Gasteiger partial charge in [0.05, 0.1) is 6.17 Å². The number of hydrogen-bond acceptors (Lipinski definition) is 2. The van der Waals surface area contributed by atoms with Gasteiger partial charge in [-0.15, -0.1) is 0 Å². The molecule has 2 unspecified atom stereocenters. The van der Waals surface area contributed by atoms with Crippen LogP contribution < -0.4 is 4.90 Å². The third-order valence-corrected chi connectivity index (χ3v) is 4.73. The Hall–Kier alpha value is -1.02. The molecule has 3 atom stereocenters. The zero-order valence-corrected chi connectivity index (χ0v) is 11.1. The van der Waals surface area contributed by atoms with Gasteiger partial charge in [-0.3, -0.25) is 4.90 Å². The summed E-state index contributed by atoms with van der Waals surface area (Å²) in [5, 5.41) is 0. The Kier molecular flexibility index (Phi) is 2.62. The molecule has 1 aliphatic carbocycles. The van der Waals surface area contributed by atoms with Crippen LogP contribution in [0.25, 0.3) is 0 Å². The van der Waals surface area contributed by atoms with E-state index in [0.29, 0.717) is 6.17 Å². The molecule has 0 N–H and O–H groups in total. The van der Waals surface area contributed by atoms with Crippen molar-refractivity contribution in [2.45, 2.75) is 51.4 Å². The highest BCUT2D eigenvalue weighted by molar-refractivity contribution is 5.55. The van der Waals surface area contributed by atoms with E-state index in [2.05, 4.69) is 55.0 Å². The van der Waals surface area contributed by atoms with Gasteiger partial charge in [0.1, 0.15) is 0 Å². The van der Waals surface area contributed by atoms with Gasteiger partial charge in [0, 0.05) is 17.8 Å². The second-order valence-electron chi connectivity index (χ2n) is 5.61. The van der Waals surface area contributed by atoms with Crippen molar-refractivity contribution in [3.63, 3.8) is 0 Å². The largest absolute Gasteiger partial charge is 0.353 e. The summed E-state index contributed by atoms with van der Waals surface area (Å²) >= 11 is 0. The van der Waals surface area contributed by atoms with Gasteiger partial charge in [-0.1, -0.05) is 18.2 Å². The highest BCUT2D eigenvalue weighted by Gasteiger charge is 2.41. The maximum absolute atomic E-state index is 2.64. The van der Waals surface area contributed by atoms with Gasteiger partial charge in [0.2, 0.25) is 0 Å². The van der Waals surface area contributed by atoms with Crippen LogP contribution >= 0.6 is 0 Å². The zero-order valence-electron chi connectivity index (χ0n) is 11.1. The molecule has 1 aromatic carbocycles. The molecule has 2 heteroatoms. The number of rotatable bonds is 1. The smallest absolute Gasteiger partial charge is 0.0795 e. The molecule has 2 nitrogen and oxygen atoms in total. The summed E-state index contributed by atoms with van der Waals surface area (Å²) < 4.78 is 0. The van der Waals surface area contributed by atoms with Crippen molar-refractivity contribution in [1.29, 1.82) is 0 Å². The van der Waals surface area contributed by atoms with Gasteiger partial charge in [0.25, 0.3) is 0 Å². The van der Waals surface area contributed by atoms with E-state index in [9.17, 15) is 0 Å². The van der Waals surface area contributed by atoms with Crippen LogP contribution in [0.4, 0.5) is 5.69 Å². The molecule has 1 aliphatic heterocycles. The minimum Gasteiger partial charge on any atom is -0.353 e. The van der Waals surface area contributed by atoms with E-state index in [4.69, 9.17) is 0 Å². The van der Waals surface area contributed by atoms with Gasteiger partial charge in [0.15, 0.2) is 0 Å². The van der Waals surface area contributed by atoms with E-state index in [1.165, 1.54) is 30.5 Å². The predicted octanol–water partition coefficient (Wildman–Crippen LogP) is 3.01. The molecule has 2 aliphatic rings. The van der Waals surface area contributed by atoms with Gasteiger partial charge >= 0.3 is 0 Å². The molecule has 0 spiro atoms. The van der Waals surface area contributed by atoms with Crippen LogP contribution in [0.3, 0.4) is 0 Å². The Morgan fingerprint density at radius 3 is 2.59 bits per heavy atom. The average Bonchev–Trinajstić information content (AvgIpc) is 2.75. The molecule has 0 aromatic heterocycles. The standard InChI is InChI=1S/C15H22N2/c1-11-6-4-5-7-15(11)17-12(2)16(3)13-8-9-14(17)10-13/h4-7,12-14H,8-10H2,1-3H3/t12-,13?,14?/m0/s1. The summed E-state index contributed by atoms with van der Waals surface area (Å²) in [6.45, 7) is 4.57. The fourth-order valence-electron chi connectivity index (χ4n) is 3.61. The summed E-state index contributed by atoms with van der Waals surface area (Å²) in [6, 6.07) is 10.4. The Morgan fingerprint density at radius 1 is 1.12 bits per heavy atom. The molecular weight excluding hydrogens is 208 g/mol. The highest BCUT2D eigenvalue weighted by Crippen LogP contribution is 2.39. The molecule has 17 heavy (non-hydrogen) atoms. The number of para-hydroxylation sites is 1. The van der Waals surface area contributed by atoms with Crippen LogP contribution in [-0.4, -0.2) is 30.2 Å². The van der Waals surface area contributed by atoms with Crippen LogP contribution in [-0.2, 0) is 0 Å². The third kappa shape index (κ3) is 1.66. The number of benzene rings is 1. The van der Waals surface area contributed by atoms with Crippen molar-refractivity contribution >= 4 is 5.69 Å². The first-order valence-electron chi connectivity index (χ1n) is 6.74. The monoisotopic (exact) mass is 230 g/mol. The molecule has 0 amide bonds. The molecule has 1 saturated carbocycles. The number of hydrogen-bond donors (Lipinski definition) is 0. The van der Waals surface area contributed by atoms with Crippen LogP contribution in [0.1, 0.15) is 31.7 Å². The normalized spacial score (nSPS) is 33.1. The summed E-state index contributed by atoms with van der Waals surface area (Å²) in [5.74, 6) is 0. The summed E-state index contributed by atoms with van der Waals surface area (Å²) in [7, 11) is 2.28. The van der Waals surface area contributed by atoms with E-state index in [1.54, 1.807) is 0 Å². The van der Waals surface area contributed by atoms with Crippen LogP contribution in [0, 0.1) is 6.92 Å². The lowest BCUT2D eigenvalue weighted by Gasteiger charge is -2.47. The summed E-state index contributed by atoms with van der Waals surface area (Å²) in [6.07, 6.45) is 4.60. The second-order valence-corrected chi connectivity index (χ2v) is 5.61. The highest BCUT2D eigenvalue weighted by atomic mass is 15.4. The van der Waals surface area contributed by atoms with Gasteiger partial charge in [-0.05, 0) is 51.8 Å². The lowest BCUT2D eigenvalue weighted by molar-refractivity contribution is 0.149. The average molecular weight is 230 g/mol. The SMILES string of the molecule is Cc1ccccc1N1C2CCC(C2)N(C)[C@@H]1C. The van der Waals surface area contributed by atoms with E-state index in [1.807, 2.05) is 0 Å². The van der Waals surface area contributed by atoms with E-state index >= 15 is 0 Å². The Bertz CT molecular complexity index is 415. The fraction of sp³-hybridized carbons (Fsp3) is 0.600. The van der Waals surface area contributed by atoms with Gasteiger partial charge < -0.3 is 4.90 Å². The molecule has 1 heterocycles. The Morgan fingerprint density at radius 2 is 1.82 bits per heavy atom. The fourth-order valence-corrected chi connectivity index (χ4v) is 3.61. The first-order chi connectivity index (χ1) is 8.18. The van der Waals surface area contributed by atoms with Crippen LogP contribution in [0.2, 0.25) is 0 Å². The topological polar surface area (TPSA) is 6.48 Å². The minimum atomic E-state index is 0.530. The van der Waals surface area contributed by atoms with Crippen LogP contribution in [0.5, 0.6) is 0 Å². The van der Waals surface area contributed by atoms with Crippen molar-refractivity contribution in [2.75, 3.05) is 11.9 Å². The summed E-state index contributed by atoms with van der Waals surface area (Å²) in [5.41, 5.74) is 2.83. The second kappa shape index (κ2) is 4.02. The van der Waals surface area contributed by atoms with Gasteiger partial charge in [-0.25, -0.2) is 0 Å². The maximum Gasteiger partial charge on any atom is 0.0795 e. The molecule has 1 saturated heterocycles. The Labute approximate surface area is 104 Å². The molecule has 0 radical (unpaired) electrons.